The molecule has 0 radical (unpaired) electrons. The van der Waals surface area contributed by atoms with Crippen molar-refractivity contribution in [3.05, 3.63) is 70.5 Å². The molecule has 0 fully saturated rings. The quantitative estimate of drug-likeness (QED) is 0.342. The number of aliphatic hydroxyl groups excluding tert-OH is 1. The Hall–Kier alpha value is -3.49. The van der Waals surface area contributed by atoms with Gasteiger partial charge >= 0.3 is 0 Å². The highest BCUT2D eigenvalue weighted by Crippen LogP contribution is 2.46. The van der Waals surface area contributed by atoms with Crippen LogP contribution in [0.4, 0.5) is 4.39 Å². The highest BCUT2D eigenvalue weighted by Gasteiger charge is 2.26. The second-order valence-corrected chi connectivity index (χ2v) is 9.04. The summed E-state index contributed by atoms with van der Waals surface area (Å²) in [6.07, 6.45) is -0.614. The molecule has 0 amide bonds. The first-order valence-corrected chi connectivity index (χ1v) is 11.6. The summed E-state index contributed by atoms with van der Waals surface area (Å²) in [4.78, 5) is 18.3. The summed E-state index contributed by atoms with van der Waals surface area (Å²) in [5.74, 6) is 1.21. The van der Waals surface area contributed by atoms with Gasteiger partial charge in [-0.05, 0) is 42.8 Å². The molecule has 3 heterocycles. The first-order chi connectivity index (χ1) is 16.5. The van der Waals surface area contributed by atoms with Gasteiger partial charge in [0.25, 0.3) is 0 Å². The topological polar surface area (TPSA) is 77.9 Å². The van der Waals surface area contributed by atoms with E-state index in [0.717, 1.165) is 15.8 Å². The van der Waals surface area contributed by atoms with Crippen molar-refractivity contribution in [2.45, 2.75) is 25.6 Å². The number of nitrogens with zero attached hydrogens (tertiary/aromatic N) is 1. The highest BCUT2D eigenvalue weighted by atomic mass is 32.1. The highest BCUT2D eigenvalue weighted by molar-refractivity contribution is 7.19. The summed E-state index contributed by atoms with van der Waals surface area (Å²) >= 11 is 1.36. The molecular formula is C26H22FNO5S. The fourth-order valence-corrected chi connectivity index (χ4v) is 5.27. The van der Waals surface area contributed by atoms with E-state index in [2.05, 4.69) is 4.98 Å². The van der Waals surface area contributed by atoms with Gasteiger partial charge in [-0.15, -0.1) is 11.3 Å². The van der Waals surface area contributed by atoms with Crippen LogP contribution in [0.3, 0.4) is 0 Å². The molecule has 4 aromatic rings. The first-order valence-electron chi connectivity index (χ1n) is 10.8. The summed E-state index contributed by atoms with van der Waals surface area (Å²) in [7, 11) is 3.04. The van der Waals surface area contributed by atoms with Crippen LogP contribution in [0.5, 0.6) is 17.2 Å². The molecule has 5 rings (SSSR count). The maximum absolute atomic E-state index is 14.3. The molecule has 0 saturated carbocycles. The second-order valence-electron chi connectivity index (χ2n) is 7.94. The number of pyridine rings is 1. The van der Waals surface area contributed by atoms with Gasteiger partial charge in [0.1, 0.15) is 23.9 Å². The molecular weight excluding hydrogens is 457 g/mol. The predicted octanol–water partition coefficient (Wildman–Crippen LogP) is 5.71. The van der Waals surface area contributed by atoms with E-state index in [9.17, 15) is 14.3 Å². The number of aromatic nitrogens is 1. The number of ether oxygens (including phenoxy) is 3. The maximum atomic E-state index is 14.3. The molecule has 6 nitrogen and oxygen atoms in total. The molecule has 1 N–H and O–H groups in total. The van der Waals surface area contributed by atoms with Crippen molar-refractivity contribution in [1.29, 1.82) is 0 Å². The van der Waals surface area contributed by atoms with E-state index >= 15 is 0 Å². The minimum absolute atomic E-state index is 0.122. The number of carbonyl (C=O) groups excluding carboxylic acids is 1. The SMILES string of the molecule is COc1ccc(C(=O)CCC(O)c2ccc3c(n2)-c2c(sc4c(F)cccc24)CO3)cc1OC. The number of methoxy groups -OCH3 is 2. The van der Waals surface area contributed by atoms with Crippen molar-refractivity contribution < 1.29 is 28.5 Å². The van der Waals surface area contributed by atoms with Crippen LogP contribution in [0.2, 0.25) is 0 Å². The molecule has 0 saturated heterocycles. The van der Waals surface area contributed by atoms with E-state index in [0.29, 0.717) is 45.5 Å². The molecule has 0 aliphatic carbocycles. The van der Waals surface area contributed by atoms with Crippen LogP contribution in [0.25, 0.3) is 21.3 Å². The molecule has 34 heavy (non-hydrogen) atoms. The number of benzene rings is 2. The zero-order chi connectivity index (χ0) is 23.8. The minimum Gasteiger partial charge on any atom is -0.493 e. The van der Waals surface area contributed by atoms with Crippen LogP contribution in [-0.4, -0.2) is 30.1 Å². The number of Topliss-reactive ketones (excluding diaryl/α,β-unsaturated/α-hetero) is 1. The largest absolute Gasteiger partial charge is 0.493 e. The number of halogens is 1. The Morgan fingerprint density at radius 3 is 2.79 bits per heavy atom. The Bertz CT molecular complexity index is 1400. The van der Waals surface area contributed by atoms with Crippen LogP contribution < -0.4 is 14.2 Å². The van der Waals surface area contributed by atoms with Crippen molar-refractivity contribution in [1.82, 2.24) is 4.98 Å². The molecule has 8 heteroatoms. The zero-order valence-corrected chi connectivity index (χ0v) is 19.4. The lowest BCUT2D eigenvalue weighted by molar-refractivity contribution is 0.0937. The van der Waals surface area contributed by atoms with Crippen LogP contribution in [-0.2, 0) is 6.61 Å². The van der Waals surface area contributed by atoms with Crippen LogP contribution in [0.1, 0.15) is 39.9 Å². The molecule has 1 unspecified atom stereocenters. The van der Waals surface area contributed by atoms with Gasteiger partial charge in [0, 0.05) is 22.9 Å². The lowest BCUT2D eigenvalue weighted by Gasteiger charge is -2.19. The lowest BCUT2D eigenvalue weighted by atomic mass is 10.0. The third kappa shape index (κ3) is 3.89. The Kier molecular flexibility index (Phi) is 5.93. The van der Waals surface area contributed by atoms with E-state index in [-0.39, 0.29) is 24.4 Å². The van der Waals surface area contributed by atoms with Crippen LogP contribution in [0, 0.1) is 5.82 Å². The number of thiophene rings is 1. The van der Waals surface area contributed by atoms with Gasteiger partial charge in [-0.1, -0.05) is 12.1 Å². The van der Waals surface area contributed by atoms with E-state index in [1.807, 2.05) is 6.07 Å². The molecule has 0 bridgehead atoms. The first kappa shape index (κ1) is 22.3. The maximum Gasteiger partial charge on any atom is 0.163 e. The molecule has 174 valence electrons. The summed E-state index contributed by atoms with van der Waals surface area (Å²) in [5, 5.41) is 11.6. The summed E-state index contributed by atoms with van der Waals surface area (Å²) < 4.78 is 31.2. The van der Waals surface area contributed by atoms with Crippen LogP contribution in [0.15, 0.2) is 48.5 Å². The molecule has 1 aliphatic rings. The molecule has 2 aromatic carbocycles. The number of fused-ring (bicyclic) bond motifs is 5. The average molecular weight is 480 g/mol. The number of hydrogen-bond acceptors (Lipinski definition) is 7. The van der Waals surface area contributed by atoms with Crippen molar-refractivity contribution >= 4 is 27.2 Å². The van der Waals surface area contributed by atoms with Gasteiger partial charge in [0.05, 0.1) is 35.6 Å². The van der Waals surface area contributed by atoms with Gasteiger partial charge < -0.3 is 19.3 Å². The number of carbonyl (C=O) groups is 1. The van der Waals surface area contributed by atoms with Gasteiger partial charge in [-0.3, -0.25) is 4.79 Å². The smallest absolute Gasteiger partial charge is 0.163 e. The van der Waals surface area contributed by atoms with Crippen molar-refractivity contribution in [3.63, 3.8) is 0 Å². The normalized spacial score (nSPS) is 13.1. The lowest BCUT2D eigenvalue weighted by Crippen LogP contribution is -2.09. The van der Waals surface area contributed by atoms with Gasteiger partial charge in [-0.2, -0.15) is 0 Å². The number of rotatable bonds is 7. The third-order valence-corrected chi connectivity index (χ3v) is 7.09. The third-order valence-electron chi connectivity index (χ3n) is 5.91. The fraction of sp³-hybridized carbons (Fsp3) is 0.231. The second kappa shape index (κ2) is 9.04. The molecule has 2 aromatic heterocycles. The molecule has 1 aliphatic heterocycles. The zero-order valence-electron chi connectivity index (χ0n) is 18.6. The standard InChI is InChI=1S/C26H22FNO5S/c1-31-20-10-6-14(12-22(20)32-2)18(29)8-9-19(30)17-7-11-21-25(28-17)24-15-4-3-5-16(27)26(15)34-23(24)13-33-21/h3-7,10-12,19,30H,8-9,13H2,1-2H3. The van der Waals surface area contributed by atoms with Crippen molar-refractivity contribution in [2.24, 2.45) is 0 Å². The summed E-state index contributed by atoms with van der Waals surface area (Å²) in [5.41, 5.74) is 2.34. The Morgan fingerprint density at radius 2 is 2.00 bits per heavy atom. The number of ketones is 1. The number of hydrogen-bond donors (Lipinski definition) is 1. The van der Waals surface area contributed by atoms with E-state index in [4.69, 9.17) is 14.2 Å². The van der Waals surface area contributed by atoms with E-state index in [1.165, 1.54) is 31.6 Å². The van der Waals surface area contributed by atoms with Gasteiger partial charge in [0.15, 0.2) is 17.3 Å². The van der Waals surface area contributed by atoms with Crippen LogP contribution >= 0.6 is 11.3 Å². The monoisotopic (exact) mass is 479 g/mol. The van der Waals surface area contributed by atoms with E-state index in [1.54, 1.807) is 36.4 Å². The van der Waals surface area contributed by atoms with Gasteiger partial charge in [0.2, 0.25) is 0 Å². The molecule has 0 spiro atoms. The van der Waals surface area contributed by atoms with E-state index < -0.39 is 6.10 Å². The summed E-state index contributed by atoms with van der Waals surface area (Å²) in [6, 6.07) is 13.4. The molecule has 1 atom stereocenters. The Balaban J connectivity index is 1.37. The van der Waals surface area contributed by atoms with Crippen molar-refractivity contribution in [2.75, 3.05) is 14.2 Å². The Labute approximate surface area is 199 Å². The summed E-state index contributed by atoms with van der Waals surface area (Å²) in [6.45, 7) is 0.352. The number of aliphatic hydroxyl groups is 1. The van der Waals surface area contributed by atoms with Gasteiger partial charge in [-0.25, -0.2) is 9.37 Å². The minimum atomic E-state index is -0.943. The van der Waals surface area contributed by atoms with Crippen molar-refractivity contribution in [3.8, 4) is 28.5 Å². The predicted molar refractivity (Wildman–Crippen MR) is 127 cm³/mol. The fourth-order valence-electron chi connectivity index (χ4n) is 4.15. The Morgan fingerprint density at radius 1 is 1.18 bits per heavy atom. The average Bonchev–Trinajstić information content (AvgIpc) is 3.27.